The Labute approximate surface area is 689 Å². The molecule has 0 bridgehead atoms. The summed E-state index contributed by atoms with van der Waals surface area (Å²) in [5.74, 6) is -20.1. The lowest BCUT2D eigenvalue weighted by molar-refractivity contribution is -0.143. The van der Waals surface area contributed by atoms with Crippen LogP contribution in [-0.2, 0) is 92.7 Å². The van der Waals surface area contributed by atoms with Crippen LogP contribution in [-0.4, -0.2) is 266 Å². The van der Waals surface area contributed by atoms with E-state index >= 15 is 0 Å². The summed E-state index contributed by atoms with van der Waals surface area (Å²) in [4.78, 5) is 248. The number of rotatable bonds is 55. The van der Waals surface area contributed by atoms with Gasteiger partial charge >= 0.3 is 17.9 Å². The van der Waals surface area contributed by atoms with Gasteiger partial charge < -0.3 is 117 Å². The van der Waals surface area contributed by atoms with Crippen molar-refractivity contribution in [3.63, 3.8) is 0 Å². The summed E-state index contributed by atoms with van der Waals surface area (Å²) in [6, 6.07) is -12.4. The monoisotopic (exact) mass is 1690 g/mol. The number of carbonyl (C=O) groups is 18. The zero-order chi connectivity index (χ0) is 88.5. The lowest BCUT2D eigenvalue weighted by Crippen LogP contribution is -2.61. The van der Waals surface area contributed by atoms with Gasteiger partial charge in [0.2, 0.25) is 88.6 Å². The first-order chi connectivity index (χ1) is 54.9. The van der Waals surface area contributed by atoms with E-state index in [9.17, 15) is 102 Å². The largest absolute Gasteiger partial charge is 0.481 e. The number of aliphatic carboxylic acids is 3. The van der Waals surface area contributed by atoms with E-state index in [0.29, 0.717) is 11.3 Å². The molecule has 15 amide bonds. The summed E-state index contributed by atoms with van der Waals surface area (Å²) < 4.78 is 0. The predicted octanol–water partition coefficient (Wildman–Crippen LogP) is -4.90. The molecule has 0 unspecified atom stereocenters. The Kier molecular flexibility index (Phi) is 46.5. The van der Waals surface area contributed by atoms with Crippen molar-refractivity contribution in [3.8, 4) is 0 Å². The SMILES string of the molecule is CSCC[C@H](N)C(=O)N[C@@H](CCC(=O)O)C(=O)N[C@@H](Cc1ccccc1)C(=O)N[C@@H](CO)C(=O)N[C@@H](CC(C)C)C(=O)N[C@@H](CC(C)C)C(=O)N[C@@H](CC(C)C)C(=O)N1CCC[C@H]1C(=O)N[C@@H](CCCN=C(N)N)C(=O)N[C@@H](CC(C)C)C(=O)N[C@@H](CCC(=O)O)C(=O)N[C@@H](CS)C(=O)N[C@@H](CC(N)=O)C(=O)NCC(=O)N[C@@H](C)C(=O)O. The Morgan fingerprint density at radius 2 is 0.915 bits per heavy atom. The van der Waals surface area contributed by atoms with Crippen LogP contribution in [0, 0.1) is 23.7 Å². The number of amides is 15. The van der Waals surface area contributed by atoms with Gasteiger partial charge in [-0.15, -0.1) is 0 Å². The van der Waals surface area contributed by atoms with Crippen molar-refractivity contribution in [1.82, 2.24) is 74.0 Å². The minimum atomic E-state index is -1.77. The number of nitrogens with two attached hydrogens (primary N) is 4. The summed E-state index contributed by atoms with van der Waals surface area (Å²) in [5.41, 5.74) is 23.1. The van der Waals surface area contributed by atoms with Crippen LogP contribution in [0.15, 0.2) is 35.3 Å². The topological polar surface area (TPSA) is 664 Å². The van der Waals surface area contributed by atoms with Crippen molar-refractivity contribution in [2.24, 2.45) is 51.6 Å². The van der Waals surface area contributed by atoms with E-state index in [4.69, 9.17) is 28.0 Å². The molecule has 1 saturated heterocycles. The number of aliphatic hydroxyl groups is 1. The minimum absolute atomic E-state index is 0.00463. The van der Waals surface area contributed by atoms with Gasteiger partial charge in [-0.1, -0.05) is 85.7 Å². The predicted molar refractivity (Wildman–Crippen MR) is 432 cm³/mol. The van der Waals surface area contributed by atoms with Gasteiger partial charge in [-0.05, 0) is 119 Å². The molecule has 0 radical (unpaired) electrons. The van der Waals surface area contributed by atoms with Crippen molar-refractivity contribution < 1.29 is 107 Å². The van der Waals surface area contributed by atoms with Crippen molar-refractivity contribution >= 4 is 137 Å². The van der Waals surface area contributed by atoms with Crippen LogP contribution in [0.2, 0.25) is 0 Å². The third kappa shape index (κ3) is 39.4. The molecule has 43 heteroatoms. The van der Waals surface area contributed by atoms with Crippen molar-refractivity contribution in [2.75, 3.05) is 44.0 Å². The maximum Gasteiger partial charge on any atom is 0.325 e. The molecule has 14 atom stereocenters. The number of nitrogens with one attached hydrogen (secondary N) is 13. The number of primary amides is 1. The molecule has 2 rings (SSSR count). The Morgan fingerprint density at radius 3 is 1.37 bits per heavy atom. The summed E-state index contributed by atoms with van der Waals surface area (Å²) in [6.45, 7) is 13.2. The van der Waals surface area contributed by atoms with E-state index in [1.807, 2.05) is 0 Å². The number of hydrogen-bond donors (Lipinski definition) is 22. The van der Waals surface area contributed by atoms with Gasteiger partial charge in [0.25, 0.3) is 0 Å². The molecule has 0 aliphatic carbocycles. The summed E-state index contributed by atoms with van der Waals surface area (Å²) in [6.07, 6.45) is -1.29. The van der Waals surface area contributed by atoms with Gasteiger partial charge in [0.05, 0.1) is 25.6 Å². The molecular formula is C74H121N19O22S2. The molecule has 1 heterocycles. The van der Waals surface area contributed by atoms with Gasteiger partial charge in [0.1, 0.15) is 78.5 Å². The number of carbonyl (C=O) groups excluding carboxylic acids is 15. The number of aliphatic imine (C=N–C) groups is 1. The second-order valence-electron chi connectivity index (χ2n) is 30.2. The molecule has 0 spiro atoms. The van der Waals surface area contributed by atoms with Crippen LogP contribution >= 0.6 is 24.4 Å². The van der Waals surface area contributed by atoms with E-state index in [1.54, 1.807) is 92.0 Å². The highest BCUT2D eigenvalue weighted by atomic mass is 32.2. The normalized spacial score (nSPS) is 15.8. The maximum absolute atomic E-state index is 15.0. The van der Waals surface area contributed by atoms with Crippen LogP contribution in [0.25, 0.3) is 0 Å². The number of nitrogens with zero attached hydrogens (tertiary/aromatic N) is 2. The van der Waals surface area contributed by atoms with E-state index in [1.165, 1.54) is 16.7 Å². The zero-order valence-electron chi connectivity index (χ0n) is 67.8. The number of carboxylic acid groups (broad SMARTS) is 3. The van der Waals surface area contributed by atoms with Crippen LogP contribution in [0.4, 0.5) is 0 Å². The summed E-state index contributed by atoms with van der Waals surface area (Å²) >= 11 is 5.56. The molecule has 25 N–H and O–H groups in total. The molecule has 0 aromatic heterocycles. The lowest BCUT2D eigenvalue weighted by atomic mass is 9.98. The molecule has 1 aromatic rings. The molecule has 656 valence electrons. The lowest BCUT2D eigenvalue weighted by Gasteiger charge is -2.32. The number of thioether (sulfide) groups is 1. The average molecular weight is 1690 g/mol. The Morgan fingerprint density at radius 1 is 0.504 bits per heavy atom. The molecule has 1 aromatic carbocycles. The second kappa shape index (κ2) is 53.0. The van der Waals surface area contributed by atoms with Crippen LogP contribution in [0.1, 0.15) is 158 Å². The number of likely N-dealkylation sites (tertiary alicyclic amines) is 1. The highest BCUT2D eigenvalue weighted by Crippen LogP contribution is 2.23. The molecule has 1 aliphatic heterocycles. The Balaban J connectivity index is 2.50. The van der Waals surface area contributed by atoms with Crippen molar-refractivity contribution in [2.45, 2.75) is 243 Å². The van der Waals surface area contributed by atoms with Crippen LogP contribution in [0.5, 0.6) is 0 Å². The smallest absolute Gasteiger partial charge is 0.325 e. The minimum Gasteiger partial charge on any atom is -0.481 e. The maximum atomic E-state index is 15.0. The number of aliphatic hydroxyl groups excluding tert-OH is 1. The van der Waals surface area contributed by atoms with Gasteiger partial charge in [-0.2, -0.15) is 24.4 Å². The first-order valence-electron chi connectivity index (χ1n) is 38.6. The first-order valence-corrected chi connectivity index (χ1v) is 40.7. The summed E-state index contributed by atoms with van der Waals surface area (Å²) in [5, 5.41) is 71.0. The number of thiol groups is 1. The third-order valence-corrected chi connectivity index (χ3v) is 19.1. The first kappa shape index (κ1) is 103. The van der Waals surface area contributed by atoms with Gasteiger partial charge in [-0.3, -0.25) is 91.3 Å². The molecule has 1 aliphatic rings. The molecular weight excluding hydrogens is 1570 g/mol. The van der Waals surface area contributed by atoms with Gasteiger partial charge in [0.15, 0.2) is 5.96 Å². The van der Waals surface area contributed by atoms with Crippen molar-refractivity contribution in [1.29, 1.82) is 0 Å². The average Bonchev–Trinajstić information content (AvgIpc) is 1.20. The summed E-state index contributed by atoms with van der Waals surface area (Å²) in [7, 11) is 0. The fourth-order valence-corrected chi connectivity index (χ4v) is 12.8. The third-order valence-electron chi connectivity index (χ3n) is 18.0. The van der Waals surface area contributed by atoms with Crippen molar-refractivity contribution in [3.05, 3.63) is 35.9 Å². The van der Waals surface area contributed by atoms with E-state index < -0.39 is 242 Å². The molecule has 117 heavy (non-hydrogen) atoms. The Hall–Kier alpha value is -10.4. The van der Waals surface area contributed by atoms with E-state index in [0.717, 1.165) is 6.92 Å². The van der Waals surface area contributed by atoms with Crippen LogP contribution in [0.3, 0.4) is 0 Å². The fourth-order valence-electron chi connectivity index (χ4n) is 12.0. The van der Waals surface area contributed by atoms with Crippen LogP contribution < -0.4 is 92.1 Å². The second-order valence-corrected chi connectivity index (χ2v) is 31.5. The zero-order valence-corrected chi connectivity index (χ0v) is 69.5. The molecule has 41 nitrogen and oxygen atoms in total. The number of guanidine groups is 1. The number of carboxylic acids is 3. The number of benzene rings is 1. The van der Waals surface area contributed by atoms with E-state index in [-0.39, 0.29) is 107 Å². The molecule has 1 fully saturated rings. The highest BCUT2D eigenvalue weighted by Gasteiger charge is 2.42. The standard InChI is InChI=1S/C74H121N19O22S2/c1-37(2)28-47(65(106)83-46(21-23-59(99)100)64(105)92-54(36-116)70(111)89-51(33-56(76)95)61(102)80-34-57(96)81-41(9)73(114)115)85-62(103)44(18-14-25-79-74(77)78)84-71(112)55-19-15-26-93(55)72(113)52(31-40(7)8)90-67(108)49(30-39(5)6)86-66(107)48(29-38(3)4)87-69(110)53(35-94)91-68(109)50(32-42-16-12-11-13-17-42)88-63(104)45(20-22-58(97)98)82-60(101)43(75)24-27-117-10/h11-13,16-17,37-41,43-55,94,116H,14-15,18-36,75H2,1-10H3,(H2,76,95)(H,80,102)(H,81,96)(H,82,101)(H,83,106)(H,84,112)(H,85,103)(H,86,107)(H,87,110)(H,88,104)(H,89,111)(H,90,108)(H,91,109)(H,92,105)(H,97,98)(H,99,100)(H,114,115)(H4,77,78,79)/t41-,43-,44-,45-,46-,47-,48-,49-,50-,51-,52-,53-,54-,55-/m0/s1. The van der Waals surface area contributed by atoms with Gasteiger partial charge in [0, 0.05) is 38.1 Å². The highest BCUT2D eigenvalue weighted by molar-refractivity contribution is 7.98. The Bertz CT molecular complexity index is 3590. The fraction of sp³-hybridized carbons (Fsp3) is 0.662. The molecule has 0 saturated carbocycles. The van der Waals surface area contributed by atoms with E-state index in [2.05, 4.69) is 86.7 Å². The number of hydrogen-bond acceptors (Lipinski definition) is 23. The van der Waals surface area contributed by atoms with Gasteiger partial charge in [-0.25, -0.2) is 0 Å². The quantitative estimate of drug-likeness (QED) is 0.0126.